The number of aromatic nitrogens is 2. The van der Waals surface area contributed by atoms with E-state index in [0.717, 1.165) is 23.4 Å². The van der Waals surface area contributed by atoms with Crippen molar-refractivity contribution in [2.24, 2.45) is 0 Å². The van der Waals surface area contributed by atoms with Crippen molar-refractivity contribution in [2.75, 3.05) is 5.32 Å². The molecular weight excluding hydrogens is 511 g/mol. The molecule has 0 spiro atoms. The molecule has 8 heteroatoms. The number of H-pyrrole nitrogens is 1. The summed E-state index contributed by atoms with van der Waals surface area (Å²) in [6, 6.07) is 25.0. The summed E-state index contributed by atoms with van der Waals surface area (Å²) in [5.41, 5.74) is 4.78. The average molecular weight is 532 g/mol. The van der Waals surface area contributed by atoms with E-state index < -0.39 is 11.7 Å². The van der Waals surface area contributed by atoms with Crippen molar-refractivity contribution in [1.29, 1.82) is 0 Å². The molecular formula is C30H21ClF3N3O. The van der Waals surface area contributed by atoms with E-state index in [1.165, 1.54) is 12.1 Å². The first kappa shape index (κ1) is 25.3. The Labute approximate surface area is 222 Å². The van der Waals surface area contributed by atoms with Crippen LogP contribution >= 0.6 is 11.6 Å². The van der Waals surface area contributed by atoms with Crippen LogP contribution in [-0.4, -0.2) is 15.9 Å². The van der Waals surface area contributed by atoms with Gasteiger partial charge in [-0.1, -0.05) is 66.2 Å². The monoisotopic (exact) mass is 531 g/mol. The summed E-state index contributed by atoms with van der Waals surface area (Å²) in [5.74, 6) is 0.251. The highest BCUT2D eigenvalue weighted by Gasteiger charge is 2.30. The number of carbonyl (C=O) groups is 1. The average Bonchev–Trinajstić information content (AvgIpc) is 3.40. The van der Waals surface area contributed by atoms with Gasteiger partial charge in [-0.15, -0.1) is 0 Å². The maximum Gasteiger partial charge on any atom is 0.416 e. The lowest BCUT2D eigenvalue weighted by atomic mass is 9.98. The van der Waals surface area contributed by atoms with Crippen LogP contribution in [0.1, 0.15) is 21.5 Å². The van der Waals surface area contributed by atoms with Crippen molar-refractivity contribution >= 4 is 23.2 Å². The van der Waals surface area contributed by atoms with Gasteiger partial charge in [-0.25, -0.2) is 4.98 Å². The molecule has 4 aromatic carbocycles. The van der Waals surface area contributed by atoms with Crippen LogP contribution in [0.3, 0.4) is 0 Å². The van der Waals surface area contributed by atoms with E-state index in [-0.39, 0.29) is 5.91 Å². The summed E-state index contributed by atoms with van der Waals surface area (Å²) in [4.78, 5) is 20.8. The van der Waals surface area contributed by atoms with Crippen molar-refractivity contribution in [3.63, 3.8) is 0 Å². The fourth-order valence-electron chi connectivity index (χ4n) is 4.16. The number of nitrogens with one attached hydrogen (secondary N) is 2. The van der Waals surface area contributed by atoms with E-state index in [1.54, 1.807) is 49.5 Å². The topological polar surface area (TPSA) is 57.8 Å². The zero-order valence-electron chi connectivity index (χ0n) is 20.1. The zero-order valence-corrected chi connectivity index (χ0v) is 20.9. The van der Waals surface area contributed by atoms with E-state index in [1.807, 2.05) is 30.3 Å². The highest BCUT2D eigenvalue weighted by molar-refractivity contribution is 6.33. The predicted molar refractivity (Wildman–Crippen MR) is 144 cm³/mol. The Morgan fingerprint density at radius 2 is 1.58 bits per heavy atom. The number of hydrogen-bond donors (Lipinski definition) is 2. The van der Waals surface area contributed by atoms with Gasteiger partial charge in [-0.2, -0.15) is 13.2 Å². The summed E-state index contributed by atoms with van der Waals surface area (Å²) in [6.07, 6.45) is -2.66. The Morgan fingerprint density at radius 3 is 2.26 bits per heavy atom. The van der Waals surface area contributed by atoms with Gasteiger partial charge in [0, 0.05) is 16.8 Å². The molecule has 5 rings (SSSR count). The molecule has 5 aromatic rings. The van der Waals surface area contributed by atoms with Crippen LogP contribution in [-0.2, 0) is 6.18 Å². The molecule has 190 valence electrons. The predicted octanol–water partition coefficient (Wildman–Crippen LogP) is 8.64. The first-order valence-corrected chi connectivity index (χ1v) is 12.1. The highest BCUT2D eigenvalue weighted by Crippen LogP contribution is 2.33. The maximum absolute atomic E-state index is 13.1. The zero-order chi connectivity index (χ0) is 26.9. The molecule has 0 unspecified atom stereocenters. The number of amides is 1. The number of benzene rings is 4. The van der Waals surface area contributed by atoms with Gasteiger partial charge in [0.25, 0.3) is 5.91 Å². The normalized spacial score (nSPS) is 11.4. The first-order valence-electron chi connectivity index (χ1n) is 11.7. The molecule has 38 heavy (non-hydrogen) atoms. The second kappa shape index (κ2) is 10.2. The molecule has 0 bridgehead atoms. The number of nitrogens with zero attached hydrogens (tertiary/aromatic N) is 1. The van der Waals surface area contributed by atoms with Crippen LogP contribution in [0.5, 0.6) is 0 Å². The number of rotatable bonds is 5. The second-order valence-electron chi connectivity index (χ2n) is 8.77. The molecule has 0 aliphatic heterocycles. The number of imidazole rings is 1. The van der Waals surface area contributed by atoms with Gasteiger partial charge in [0.15, 0.2) is 0 Å². The third kappa shape index (κ3) is 5.33. The largest absolute Gasteiger partial charge is 0.416 e. The molecule has 0 saturated carbocycles. The quantitative estimate of drug-likeness (QED) is 0.238. The Kier molecular flexibility index (Phi) is 6.78. The molecule has 0 radical (unpaired) electrons. The minimum atomic E-state index is -4.39. The molecule has 2 N–H and O–H groups in total. The molecule has 4 nitrogen and oxygen atoms in total. The van der Waals surface area contributed by atoms with Gasteiger partial charge >= 0.3 is 6.18 Å². The number of alkyl halides is 3. The molecule has 0 saturated heterocycles. The van der Waals surface area contributed by atoms with Crippen LogP contribution < -0.4 is 5.32 Å². The van der Waals surface area contributed by atoms with Gasteiger partial charge in [0.2, 0.25) is 0 Å². The lowest BCUT2D eigenvalue weighted by Crippen LogP contribution is -2.13. The van der Waals surface area contributed by atoms with Crippen LogP contribution in [0.2, 0.25) is 5.02 Å². The van der Waals surface area contributed by atoms with E-state index in [2.05, 4.69) is 15.3 Å². The fourth-order valence-corrected chi connectivity index (χ4v) is 4.36. The summed E-state index contributed by atoms with van der Waals surface area (Å²) in [7, 11) is 0. The molecule has 0 aliphatic rings. The van der Waals surface area contributed by atoms with Gasteiger partial charge in [0.1, 0.15) is 5.82 Å². The third-order valence-corrected chi connectivity index (χ3v) is 6.49. The lowest BCUT2D eigenvalue weighted by molar-refractivity contribution is -0.137. The molecule has 1 heterocycles. The molecule has 1 amide bonds. The number of carbonyl (C=O) groups excluding carboxylic acids is 1. The molecule has 0 fully saturated rings. The molecule has 0 aliphatic carbocycles. The second-order valence-corrected chi connectivity index (χ2v) is 9.17. The van der Waals surface area contributed by atoms with Gasteiger partial charge in [-0.05, 0) is 65.6 Å². The number of aryl methyl sites for hydroxylation is 1. The summed E-state index contributed by atoms with van der Waals surface area (Å²) in [6.45, 7) is 1.78. The van der Waals surface area contributed by atoms with Crippen molar-refractivity contribution in [1.82, 2.24) is 9.97 Å². The van der Waals surface area contributed by atoms with Crippen LogP contribution in [0.4, 0.5) is 18.9 Å². The number of hydrogen-bond acceptors (Lipinski definition) is 2. The van der Waals surface area contributed by atoms with E-state index in [4.69, 9.17) is 11.6 Å². The Morgan fingerprint density at radius 1 is 0.868 bits per heavy atom. The molecule has 0 atom stereocenters. The Hall–Kier alpha value is -4.36. The van der Waals surface area contributed by atoms with Gasteiger partial charge in [-0.3, -0.25) is 4.79 Å². The highest BCUT2D eigenvalue weighted by atomic mass is 35.5. The maximum atomic E-state index is 13.1. The first-order chi connectivity index (χ1) is 18.2. The van der Waals surface area contributed by atoms with Crippen LogP contribution in [0.15, 0.2) is 97.2 Å². The fraction of sp³-hybridized carbons (Fsp3) is 0.0667. The van der Waals surface area contributed by atoms with E-state index >= 15 is 0 Å². The van der Waals surface area contributed by atoms with Gasteiger partial charge < -0.3 is 10.3 Å². The van der Waals surface area contributed by atoms with Crippen molar-refractivity contribution in [2.45, 2.75) is 13.1 Å². The van der Waals surface area contributed by atoms with Crippen LogP contribution in [0.25, 0.3) is 33.8 Å². The summed E-state index contributed by atoms with van der Waals surface area (Å²) >= 11 is 6.44. The smallest absolute Gasteiger partial charge is 0.338 e. The SMILES string of the molecule is Cc1cc(-c2ccc(C(F)(F)F)cc2)ccc1C(=O)Nc1ccc(Cl)c(-c2ncc(-c3ccccc3)[nH]2)c1. The van der Waals surface area contributed by atoms with Crippen LogP contribution in [0, 0.1) is 6.92 Å². The van der Waals surface area contributed by atoms with Crippen molar-refractivity contribution in [3.8, 4) is 33.8 Å². The number of aromatic amines is 1. The number of halogens is 4. The third-order valence-electron chi connectivity index (χ3n) is 6.16. The van der Waals surface area contributed by atoms with Crippen molar-refractivity contribution < 1.29 is 18.0 Å². The summed E-state index contributed by atoms with van der Waals surface area (Å²) < 4.78 is 38.6. The molecule has 1 aromatic heterocycles. The van der Waals surface area contributed by atoms with E-state index in [0.29, 0.717) is 44.4 Å². The Bertz CT molecular complexity index is 1610. The van der Waals surface area contributed by atoms with Crippen molar-refractivity contribution in [3.05, 3.63) is 119 Å². The standard InChI is InChI=1S/C30H21ClF3N3O/c1-18-15-21(19-7-10-22(11-8-19)30(32,33)34)9-13-24(18)29(38)36-23-12-14-26(31)25(16-23)28-35-17-27(37-28)20-5-3-2-4-6-20/h2-17H,1H3,(H,35,37)(H,36,38). The number of anilines is 1. The minimum absolute atomic E-state index is 0.320. The Balaban J connectivity index is 1.35. The summed E-state index contributed by atoms with van der Waals surface area (Å²) in [5, 5.41) is 3.37. The van der Waals surface area contributed by atoms with Gasteiger partial charge in [0.05, 0.1) is 22.5 Å². The minimum Gasteiger partial charge on any atom is -0.338 e. The lowest BCUT2D eigenvalue weighted by Gasteiger charge is -2.12. The van der Waals surface area contributed by atoms with E-state index in [9.17, 15) is 18.0 Å².